The minimum Gasteiger partial charge on any atom is -0.491 e. The number of ether oxygens (including phenoxy) is 2. The van der Waals surface area contributed by atoms with Crippen LogP contribution < -0.4 is 10.1 Å². The Balaban J connectivity index is 1.86. The van der Waals surface area contributed by atoms with Crippen LogP contribution in [0.5, 0.6) is 5.75 Å². The van der Waals surface area contributed by atoms with Crippen LogP contribution in [0.25, 0.3) is 0 Å². The average Bonchev–Trinajstić information content (AvgIpc) is 2.46. The van der Waals surface area contributed by atoms with E-state index in [1.54, 1.807) is 0 Å². The van der Waals surface area contributed by atoms with Crippen LogP contribution in [-0.2, 0) is 4.74 Å². The molecule has 1 heterocycles. The van der Waals surface area contributed by atoms with Crippen LogP contribution in [-0.4, -0.2) is 25.9 Å². The SMILES string of the molecule is CC(C)Oc1ccc(C(C)NCC2(C)CCOCC2)cc1. The first kappa shape index (κ1) is 16.3. The highest BCUT2D eigenvalue weighted by atomic mass is 16.5. The van der Waals surface area contributed by atoms with Crippen LogP contribution in [0.3, 0.4) is 0 Å². The molecule has 2 rings (SSSR count). The predicted octanol–water partition coefficient (Wildman–Crippen LogP) is 3.94. The lowest BCUT2D eigenvalue weighted by Crippen LogP contribution is -2.37. The molecule has 0 spiro atoms. The summed E-state index contributed by atoms with van der Waals surface area (Å²) in [5.74, 6) is 0.942. The molecule has 0 amide bonds. The minimum absolute atomic E-state index is 0.222. The van der Waals surface area contributed by atoms with E-state index in [1.165, 1.54) is 5.56 Å². The van der Waals surface area contributed by atoms with Crippen LogP contribution in [0.15, 0.2) is 24.3 Å². The van der Waals surface area contributed by atoms with Gasteiger partial charge in [0.05, 0.1) is 6.10 Å². The molecule has 0 aliphatic carbocycles. The summed E-state index contributed by atoms with van der Waals surface area (Å²) in [6.45, 7) is 11.5. The Morgan fingerprint density at radius 2 is 1.76 bits per heavy atom. The second-order valence-corrected chi connectivity index (χ2v) is 6.76. The van der Waals surface area contributed by atoms with E-state index in [-0.39, 0.29) is 6.10 Å². The highest BCUT2D eigenvalue weighted by Crippen LogP contribution is 2.29. The summed E-state index contributed by atoms with van der Waals surface area (Å²) < 4.78 is 11.1. The molecule has 3 nitrogen and oxygen atoms in total. The van der Waals surface area contributed by atoms with Crippen molar-refractivity contribution in [1.29, 1.82) is 0 Å². The summed E-state index contributed by atoms with van der Waals surface area (Å²) in [4.78, 5) is 0. The lowest BCUT2D eigenvalue weighted by molar-refractivity contribution is 0.0231. The maximum Gasteiger partial charge on any atom is 0.119 e. The zero-order valence-electron chi connectivity index (χ0n) is 13.8. The van der Waals surface area contributed by atoms with Gasteiger partial charge in [0.2, 0.25) is 0 Å². The first-order valence-electron chi connectivity index (χ1n) is 8.06. The average molecular weight is 291 g/mol. The Labute approximate surface area is 129 Å². The summed E-state index contributed by atoms with van der Waals surface area (Å²) in [6, 6.07) is 8.79. The van der Waals surface area contributed by atoms with E-state index in [2.05, 4.69) is 43.4 Å². The molecule has 0 radical (unpaired) electrons. The lowest BCUT2D eigenvalue weighted by atomic mass is 9.82. The Morgan fingerprint density at radius 1 is 1.14 bits per heavy atom. The molecule has 1 aliphatic heterocycles. The minimum atomic E-state index is 0.222. The standard InChI is InChI=1S/C18H29NO2/c1-14(2)21-17-7-5-16(6-8-17)15(3)19-13-18(4)9-11-20-12-10-18/h5-8,14-15,19H,9-13H2,1-4H3. The number of nitrogens with one attached hydrogen (secondary N) is 1. The van der Waals surface area contributed by atoms with Crippen LogP contribution in [0.2, 0.25) is 0 Å². The molecule has 1 aromatic rings. The van der Waals surface area contributed by atoms with Gasteiger partial charge in [-0.05, 0) is 56.7 Å². The van der Waals surface area contributed by atoms with E-state index >= 15 is 0 Å². The fourth-order valence-corrected chi connectivity index (χ4v) is 2.67. The topological polar surface area (TPSA) is 30.5 Å². The molecule has 0 saturated carbocycles. The van der Waals surface area contributed by atoms with Gasteiger partial charge < -0.3 is 14.8 Å². The fraction of sp³-hybridized carbons (Fsp3) is 0.667. The van der Waals surface area contributed by atoms with Crippen molar-refractivity contribution in [1.82, 2.24) is 5.32 Å². The van der Waals surface area contributed by atoms with E-state index in [9.17, 15) is 0 Å². The van der Waals surface area contributed by atoms with Crippen molar-refractivity contribution in [2.45, 2.75) is 52.7 Å². The van der Waals surface area contributed by atoms with E-state index in [1.807, 2.05) is 13.8 Å². The molecule has 1 fully saturated rings. The van der Waals surface area contributed by atoms with Crippen LogP contribution in [0.4, 0.5) is 0 Å². The van der Waals surface area contributed by atoms with Crippen molar-refractivity contribution in [3.63, 3.8) is 0 Å². The molecule has 0 bridgehead atoms. The Bertz CT molecular complexity index is 421. The van der Waals surface area contributed by atoms with Crippen molar-refractivity contribution in [3.05, 3.63) is 29.8 Å². The van der Waals surface area contributed by atoms with Gasteiger partial charge in [0, 0.05) is 25.8 Å². The van der Waals surface area contributed by atoms with E-state index < -0.39 is 0 Å². The molecular weight excluding hydrogens is 262 g/mol. The van der Waals surface area contributed by atoms with Gasteiger partial charge in [-0.25, -0.2) is 0 Å². The van der Waals surface area contributed by atoms with Gasteiger partial charge in [-0.15, -0.1) is 0 Å². The Hall–Kier alpha value is -1.06. The molecule has 1 aromatic carbocycles. The smallest absolute Gasteiger partial charge is 0.119 e. The van der Waals surface area contributed by atoms with Crippen molar-refractivity contribution in [3.8, 4) is 5.75 Å². The number of benzene rings is 1. The maximum atomic E-state index is 5.69. The molecular formula is C18H29NO2. The van der Waals surface area contributed by atoms with Gasteiger partial charge in [-0.1, -0.05) is 19.1 Å². The van der Waals surface area contributed by atoms with Crippen LogP contribution in [0, 0.1) is 5.41 Å². The third-order valence-electron chi connectivity index (χ3n) is 4.29. The van der Waals surface area contributed by atoms with Gasteiger partial charge in [0.25, 0.3) is 0 Å². The van der Waals surface area contributed by atoms with Gasteiger partial charge >= 0.3 is 0 Å². The van der Waals surface area contributed by atoms with Gasteiger partial charge in [-0.2, -0.15) is 0 Å². The van der Waals surface area contributed by atoms with Crippen molar-refractivity contribution < 1.29 is 9.47 Å². The summed E-state index contributed by atoms with van der Waals surface area (Å²) in [7, 11) is 0. The van der Waals surface area contributed by atoms with E-state index in [4.69, 9.17) is 9.47 Å². The highest BCUT2D eigenvalue weighted by Gasteiger charge is 2.27. The van der Waals surface area contributed by atoms with Gasteiger partial charge in [-0.3, -0.25) is 0 Å². The summed E-state index contributed by atoms with van der Waals surface area (Å²) >= 11 is 0. The van der Waals surface area contributed by atoms with Gasteiger partial charge in [0.1, 0.15) is 5.75 Å². The Kier molecular flexibility index (Phi) is 5.65. The molecule has 1 saturated heterocycles. The zero-order chi connectivity index (χ0) is 15.3. The van der Waals surface area contributed by atoms with Crippen molar-refractivity contribution in [2.75, 3.05) is 19.8 Å². The van der Waals surface area contributed by atoms with Gasteiger partial charge in [0.15, 0.2) is 0 Å². The summed E-state index contributed by atoms with van der Waals surface area (Å²) in [6.07, 6.45) is 2.52. The number of hydrogen-bond acceptors (Lipinski definition) is 3. The second-order valence-electron chi connectivity index (χ2n) is 6.76. The van der Waals surface area contributed by atoms with Crippen molar-refractivity contribution >= 4 is 0 Å². The molecule has 21 heavy (non-hydrogen) atoms. The molecule has 0 aromatic heterocycles. The third kappa shape index (κ3) is 5.01. The maximum absolute atomic E-state index is 5.69. The number of hydrogen-bond donors (Lipinski definition) is 1. The zero-order valence-corrected chi connectivity index (χ0v) is 13.8. The molecule has 3 heteroatoms. The monoisotopic (exact) mass is 291 g/mol. The normalized spacial score (nSPS) is 19.5. The highest BCUT2D eigenvalue weighted by molar-refractivity contribution is 5.29. The molecule has 118 valence electrons. The lowest BCUT2D eigenvalue weighted by Gasteiger charge is -2.34. The first-order valence-corrected chi connectivity index (χ1v) is 8.06. The van der Waals surface area contributed by atoms with E-state index in [0.29, 0.717) is 11.5 Å². The largest absolute Gasteiger partial charge is 0.491 e. The summed E-state index contributed by atoms with van der Waals surface area (Å²) in [5.41, 5.74) is 1.68. The van der Waals surface area contributed by atoms with E-state index in [0.717, 1.165) is 38.3 Å². The summed E-state index contributed by atoms with van der Waals surface area (Å²) in [5, 5.41) is 3.67. The quantitative estimate of drug-likeness (QED) is 0.861. The van der Waals surface area contributed by atoms with Crippen LogP contribution >= 0.6 is 0 Å². The van der Waals surface area contributed by atoms with Crippen molar-refractivity contribution in [2.24, 2.45) is 5.41 Å². The molecule has 1 atom stereocenters. The molecule has 1 N–H and O–H groups in total. The Morgan fingerprint density at radius 3 is 2.33 bits per heavy atom. The van der Waals surface area contributed by atoms with Crippen LogP contribution in [0.1, 0.15) is 52.1 Å². The second kappa shape index (κ2) is 7.28. The fourth-order valence-electron chi connectivity index (χ4n) is 2.67. The predicted molar refractivity (Wildman–Crippen MR) is 86.8 cm³/mol. The third-order valence-corrected chi connectivity index (χ3v) is 4.29. The molecule has 1 aliphatic rings. The number of rotatable bonds is 6. The molecule has 1 unspecified atom stereocenters. The first-order chi connectivity index (χ1) is 9.98.